The van der Waals surface area contributed by atoms with Crippen molar-refractivity contribution in [1.29, 1.82) is 0 Å². The van der Waals surface area contributed by atoms with Gasteiger partial charge in [0.2, 0.25) is 0 Å². The van der Waals surface area contributed by atoms with Crippen molar-refractivity contribution in [3.8, 4) is 5.75 Å². The quantitative estimate of drug-likeness (QED) is 0.671. The summed E-state index contributed by atoms with van der Waals surface area (Å²) in [6.07, 6.45) is 1.66. The van der Waals surface area contributed by atoms with Gasteiger partial charge in [-0.2, -0.15) is 5.10 Å². The van der Waals surface area contributed by atoms with E-state index in [0.717, 1.165) is 24.5 Å². The van der Waals surface area contributed by atoms with Crippen LogP contribution < -0.4 is 10.1 Å². The number of aromatic nitrogens is 3. The molecule has 8 heteroatoms. The van der Waals surface area contributed by atoms with Gasteiger partial charge in [-0.25, -0.2) is 9.67 Å². The van der Waals surface area contributed by atoms with E-state index in [1.54, 1.807) is 25.1 Å². The van der Waals surface area contributed by atoms with Crippen molar-refractivity contribution in [3.05, 3.63) is 40.0 Å². The number of rotatable bonds is 5. The van der Waals surface area contributed by atoms with E-state index in [0.29, 0.717) is 18.8 Å². The van der Waals surface area contributed by atoms with Crippen LogP contribution >= 0.6 is 0 Å². The van der Waals surface area contributed by atoms with E-state index >= 15 is 0 Å². The first-order chi connectivity index (χ1) is 11.1. The summed E-state index contributed by atoms with van der Waals surface area (Å²) < 4.78 is 7.25. The summed E-state index contributed by atoms with van der Waals surface area (Å²) in [6, 6.07) is 5.16. The molecule has 3 rings (SSSR count). The molecule has 0 saturated heterocycles. The highest BCUT2D eigenvalue weighted by molar-refractivity contribution is 5.68. The Hall–Kier alpha value is -2.64. The molecule has 122 valence electrons. The van der Waals surface area contributed by atoms with E-state index < -0.39 is 4.92 Å². The second-order valence-corrected chi connectivity index (χ2v) is 5.48. The molecule has 1 aromatic heterocycles. The highest BCUT2D eigenvalue weighted by Gasteiger charge is 2.26. The minimum atomic E-state index is -0.402. The lowest BCUT2D eigenvalue weighted by Gasteiger charge is -2.24. The number of hydrogen-bond acceptors (Lipinski definition) is 6. The van der Waals surface area contributed by atoms with Gasteiger partial charge in [-0.05, 0) is 32.4 Å². The molecule has 1 aliphatic rings. The molecule has 0 aliphatic carbocycles. The fraction of sp³-hybridized carbons (Fsp3) is 0.467. The van der Waals surface area contributed by atoms with Gasteiger partial charge in [-0.3, -0.25) is 10.1 Å². The number of anilines is 1. The summed E-state index contributed by atoms with van der Waals surface area (Å²) in [4.78, 5) is 15.4. The van der Waals surface area contributed by atoms with Crippen molar-refractivity contribution in [2.45, 2.75) is 39.3 Å². The Morgan fingerprint density at radius 1 is 1.52 bits per heavy atom. The van der Waals surface area contributed by atoms with Gasteiger partial charge >= 0.3 is 5.69 Å². The number of nitrogens with one attached hydrogen (secondary N) is 1. The van der Waals surface area contributed by atoms with Crippen molar-refractivity contribution in [3.63, 3.8) is 0 Å². The molecule has 1 N–H and O–H groups in total. The second-order valence-electron chi connectivity index (χ2n) is 5.48. The average molecular weight is 317 g/mol. The number of ether oxygens (including phenoxy) is 1. The van der Waals surface area contributed by atoms with Gasteiger partial charge in [-0.15, -0.1) is 0 Å². The first-order valence-electron chi connectivity index (χ1n) is 7.65. The van der Waals surface area contributed by atoms with E-state index in [2.05, 4.69) is 15.4 Å². The van der Waals surface area contributed by atoms with Crippen LogP contribution in [0, 0.1) is 17.0 Å². The number of fused-ring (bicyclic) bond motifs is 1. The standard InChI is InChI=1S/C15H19N5O3/c1-3-23-13-6-4-5-12(15(13)20(21)22)17-11-7-8-14-16-10(2)18-19(14)9-11/h4-6,11,17H,3,7-9H2,1-2H3. The molecule has 1 atom stereocenters. The maximum Gasteiger partial charge on any atom is 0.333 e. The number of benzene rings is 1. The van der Waals surface area contributed by atoms with Crippen LogP contribution in [0.1, 0.15) is 25.0 Å². The van der Waals surface area contributed by atoms with Gasteiger partial charge in [0.1, 0.15) is 17.3 Å². The van der Waals surface area contributed by atoms with Crippen molar-refractivity contribution < 1.29 is 9.66 Å². The number of hydrogen-bond donors (Lipinski definition) is 1. The van der Waals surface area contributed by atoms with Crippen LogP contribution in [0.4, 0.5) is 11.4 Å². The number of nitrogens with zero attached hydrogens (tertiary/aromatic N) is 4. The Morgan fingerprint density at radius 3 is 3.09 bits per heavy atom. The monoisotopic (exact) mass is 317 g/mol. The van der Waals surface area contributed by atoms with Crippen molar-refractivity contribution in [2.24, 2.45) is 0 Å². The SMILES string of the molecule is CCOc1cccc(NC2CCc3nc(C)nn3C2)c1[N+](=O)[O-]. The Labute approximate surface area is 133 Å². The molecule has 0 bridgehead atoms. The molecule has 0 fully saturated rings. The number of aryl methyl sites for hydroxylation is 2. The third kappa shape index (κ3) is 3.10. The fourth-order valence-corrected chi connectivity index (χ4v) is 2.87. The predicted octanol–water partition coefficient (Wildman–Crippen LogP) is 2.32. The van der Waals surface area contributed by atoms with E-state index in [1.807, 2.05) is 11.6 Å². The zero-order valence-corrected chi connectivity index (χ0v) is 13.2. The molecule has 1 aromatic carbocycles. The third-order valence-corrected chi connectivity index (χ3v) is 3.81. The lowest BCUT2D eigenvalue weighted by atomic mass is 10.1. The van der Waals surface area contributed by atoms with Crippen molar-refractivity contribution in [1.82, 2.24) is 14.8 Å². The van der Waals surface area contributed by atoms with E-state index in [4.69, 9.17) is 4.74 Å². The van der Waals surface area contributed by atoms with Gasteiger partial charge in [0, 0.05) is 12.5 Å². The first-order valence-corrected chi connectivity index (χ1v) is 7.65. The second kappa shape index (κ2) is 6.23. The van der Waals surface area contributed by atoms with Crippen molar-refractivity contribution >= 4 is 11.4 Å². The van der Waals surface area contributed by atoms with E-state index in [1.165, 1.54) is 0 Å². The molecular formula is C15H19N5O3. The summed E-state index contributed by atoms with van der Waals surface area (Å²) in [7, 11) is 0. The maximum atomic E-state index is 11.4. The first kappa shape index (κ1) is 15.3. The largest absolute Gasteiger partial charge is 0.487 e. The molecule has 8 nitrogen and oxygen atoms in total. The van der Waals surface area contributed by atoms with Gasteiger partial charge < -0.3 is 10.1 Å². The minimum absolute atomic E-state index is 0.0186. The number of nitro groups is 1. The predicted molar refractivity (Wildman–Crippen MR) is 84.8 cm³/mol. The van der Waals surface area contributed by atoms with Crippen LogP contribution in [0.2, 0.25) is 0 Å². The smallest absolute Gasteiger partial charge is 0.333 e. The zero-order valence-electron chi connectivity index (χ0n) is 13.2. The summed E-state index contributed by atoms with van der Waals surface area (Å²) in [5, 5.41) is 19.0. The highest BCUT2D eigenvalue weighted by atomic mass is 16.6. The zero-order chi connectivity index (χ0) is 16.4. The molecule has 0 amide bonds. The summed E-state index contributed by atoms with van der Waals surface area (Å²) in [5.74, 6) is 2.01. The molecule has 2 heterocycles. The summed E-state index contributed by atoms with van der Waals surface area (Å²) >= 11 is 0. The molecule has 0 saturated carbocycles. The number of para-hydroxylation sites is 1. The van der Waals surface area contributed by atoms with E-state index in [9.17, 15) is 10.1 Å². The van der Waals surface area contributed by atoms with Gasteiger partial charge in [-0.1, -0.05) is 6.07 Å². The van der Waals surface area contributed by atoms with Gasteiger partial charge in [0.05, 0.1) is 18.1 Å². The normalized spacial score (nSPS) is 16.7. The molecular weight excluding hydrogens is 298 g/mol. The molecule has 2 aromatic rings. The fourth-order valence-electron chi connectivity index (χ4n) is 2.87. The molecule has 1 unspecified atom stereocenters. The Morgan fingerprint density at radius 2 is 2.35 bits per heavy atom. The Balaban J connectivity index is 1.83. The lowest BCUT2D eigenvalue weighted by Crippen LogP contribution is -2.32. The van der Waals surface area contributed by atoms with Crippen molar-refractivity contribution in [2.75, 3.05) is 11.9 Å². The Kier molecular flexibility index (Phi) is 4.14. The van der Waals surface area contributed by atoms with Crippen LogP contribution in [0.15, 0.2) is 18.2 Å². The number of nitro benzene ring substituents is 1. The van der Waals surface area contributed by atoms with Crippen LogP contribution in [0.3, 0.4) is 0 Å². The molecule has 1 aliphatic heterocycles. The van der Waals surface area contributed by atoms with E-state index in [-0.39, 0.29) is 17.5 Å². The minimum Gasteiger partial charge on any atom is -0.487 e. The Bertz CT molecular complexity index is 728. The molecule has 0 radical (unpaired) electrons. The topological polar surface area (TPSA) is 95.1 Å². The molecule has 0 spiro atoms. The van der Waals surface area contributed by atoms with Crippen LogP contribution in [0.25, 0.3) is 0 Å². The average Bonchev–Trinajstić information content (AvgIpc) is 2.87. The summed E-state index contributed by atoms with van der Waals surface area (Å²) in [6.45, 7) is 4.70. The molecule has 23 heavy (non-hydrogen) atoms. The third-order valence-electron chi connectivity index (χ3n) is 3.81. The lowest BCUT2D eigenvalue weighted by molar-refractivity contribution is -0.385. The maximum absolute atomic E-state index is 11.4. The summed E-state index contributed by atoms with van der Waals surface area (Å²) in [5.41, 5.74) is 0.459. The van der Waals surface area contributed by atoms with Gasteiger partial charge in [0.25, 0.3) is 0 Å². The van der Waals surface area contributed by atoms with Crippen LogP contribution in [0.5, 0.6) is 5.75 Å². The van der Waals surface area contributed by atoms with Crippen LogP contribution in [-0.2, 0) is 13.0 Å². The highest BCUT2D eigenvalue weighted by Crippen LogP contribution is 2.35. The van der Waals surface area contributed by atoms with Gasteiger partial charge in [0.15, 0.2) is 5.75 Å². The van der Waals surface area contributed by atoms with Crippen LogP contribution in [-0.4, -0.2) is 32.3 Å².